The van der Waals surface area contributed by atoms with Crippen molar-refractivity contribution < 1.29 is 4.79 Å². The minimum atomic E-state index is -0.125. The maximum atomic E-state index is 12.2. The lowest BCUT2D eigenvalue weighted by Gasteiger charge is -2.09. The summed E-state index contributed by atoms with van der Waals surface area (Å²) in [5.74, 6) is 0.551. The average molecular weight is 371 g/mol. The van der Waals surface area contributed by atoms with E-state index in [1.54, 1.807) is 24.5 Å². The molecule has 1 aliphatic rings. The summed E-state index contributed by atoms with van der Waals surface area (Å²) < 4.78 is 1.93. The summed E-state index contributed by atoms with van der Waals surface area (Å²) in [4.78, 5) is 21.0. The van der Waals surface area contributed by atoms with E-state index in [0.29, 0.717) is 41.2 Å². The second-order valence-electron chi connectivity index (χ2n) is 6.27. The van der Waals surface area contributed by atoms with Gasteiger partial charge in [0.15, 0.2) is 11.5 Å². The molecule has 1 fully saturated rings. The summed E-state index contributed by atoms with van der Waals surface area (Å²) in [6.07, 6.45) is 7.39. The number of anilines is 1. The van der Waals surface area contributed by atoms with Crippen molar-refractivity contribution in [2.75, 3.05) is 18.4 Å². The third-order valence-electron chi connectivity index (χ3n) is 4.29. The molecule has 134 valence electrons. The fourth-order valence-corrected chi connectivity index (χ4v) is 3.06. The molecule has 2 heterocycles. The van der Waals surface area contributed by atoms with Crippen LogP contribution in [0.25, 0.3) is 16.9 Å². The van der Waals surface area contributed by atoms with Crippen LogP contribution in [-0.2, 0) is 0 Å². The quantitative estimate of drug-likeness (QED) is 0.618. The molecule has 8 heteroatoms. The Morgan fingerprint density at radius 3 is 2.92 bits per heavy atom. The second-order valence-corrected chi connectivity index (χ2v) is 6.68. The van der Waals surface area contributed by atoms with Crippen molar-refractivity contribution in [3.8, 4) is 11.3 Å². The van der Waals surface area contributed by atoms with E-state index in [0.717, 1.165) is 24.1 Å². The van der Waals surface area contributed by atoms with Crippen molar-refractivity contribution in [3.63, 3.8) is 0 Å². The van der Waals surface area contributed by atoms with E-state index in [1.165, 1.54) is 0 Å². The Hall–Kier alpha value is -2.64. The lowest BCUT2D eigenvalue weighted by Crippen LogP contribution is -2.25. The van der Waals surface area contributed by atoms with Crippen molar-refractivity contribution in [2.24, 2.45) is 5.73 Å². The number of hydrogen-bond donors (Lipinski definition) is 3. The number of hydrogen-bond acceptors (Lipinski definition) is 5. The molecule has 0 radical (unpaired) electrons. The maximum Gasteiger partial charge on any atom is 0.253 e. The molecule has 2 aromatic heterocycles. The second kappa shape index (κ2) is 6.93. The Kier molecular flexibility index (Phi) is 4.48. The molecule has 0 spiro atoms. The lowest BCUT2D eigenvalue weighted by molar-refractivity contribution is 0.0951. The Balaban J connectivity index is 1.67. The van der Waals surface area contributed by atoms with Gasteiger partial charge in [0, 0.05) is 37.1 Å². The number of nitrogens with zero attached hydrogens (tertiary/aromatic N) is 3. The van der Waals surface area contributed by atoms with Gasteiger partial charge in [0.25, 0.3) is 5.91 Å². The Morgan fingerprint density at radius 2 is 2.19 bits per heavy atom. The molecule has 4 rings (SSSR count). The number of carbonyl (C=O) groups excluding carboxylic acids is 1. The van der Waals surface area contributed by atoms with Gasteiger partial charge >= 0.3 is 0 Å². The molecule has 0 atom stereocenters. The zero-order chi connectivity index (χ0) is 18.1. The van der Waals surface area contributed by atoms with Crippen LogP contribution in [0.2, 0.25) is 5.02 Å². The largest absolute Gasteiger partial charge is 0.366 e. The van der Waals surface area contributed by atoms with Crippen molar-refractivity contribution in [1.29, 1.82) is 0 Å². The zero-order valence-electron chi connectivity index (χ0n) is 14.1. The van der Waals surface area contributed by atoms with Gasteiger partial charge in [-0.05, 0) is 25.0 Å². The maximum absolute atomic E-state index is 12.2. The molecule has 1 aliphatic carbocycles. The number of aromatic nitrogens is 3. The topological polar surface area (TPSA) is 97.3 Å². The minimum absolute atomic E-state index is 0.125. The van der Waals surface area contributed by atoms with Crippen LogP contribution in [0.15, 0.2) is 36.8 Å². The van der Waals surface area contributed by atoms with Gasteiger partial charge < -0.3 is 16.4 Å². The number of imidazole rings is 1. The van der Waals surface area contributed by atoms with Gasteiger partial charge in [-0.2, -0.15) is 0 Å². The predicted molar refractivity (Wildman–Crippen MR) is 101 cm³/mol. The highest BCUT2D eigenvalue weighted by Gasteiger charge is 2.24. The third-order valence-corrected chi connectivity index (χ3v) is 4.60. The Bertz CT molecular complexity index is 965. The molecule has 0 unspecified atom stereocenters. The van der Waals surface area contributed by atoms with Gasteiger partial charge in [-0.25, -0.2) is 9.97 Å². The van der Waals surface area contributed by atoms with Crippen molar-refractivity contribution in [2.45, 2.75) is 18.9 Å². The number of benzene rings is 1. The SMILES string of the molecule is NCCNc1nccn2c(-c3ccc(C(=O)NC4CC4)c(Cl)c3)cnc12. The van der Waals surface area contributed by atoms with Gasteiger partial charge in [-0.1, -0.05) is 17.7 Å². The zero-order valence-corrected chi connectivity index (χ0v) is 14.8. The van der Waals surface area contributed by atoms with Crippen molar-refractivity contribution in [3.05, 3.63) is 47.4 Å². The van der Waals surface area contributed by atoms with E-state index < -0.39 is 0 Å². The third kappa shape index (κ3) is 3.23. The van der Waals surface area contributed by atoms with Crippen LogP contribution in [0, 0.1) is 0 Å². The van der Waals surface area contributed by atoms with Crippen LogP contribution >= 0.6 is 11.6 Å². The fourth-order valence-electron chi connectivity index (χ4n) is 2.80. The molecule has 7 nitrogen and oxygen atoms in total. The van der Waals surface area contributed by atoms with E-state index in [-0.39, 0.29) is 5.91 Å². The van der Waals surface area contributed by atoms with Crippen LogP contribution in [-0.4, -0.2) is 39.4 Å². The van der Waals surface area contributed by atoms with Gasteiger partial charge in [-0.3, -0.25) is 9.20 Å². The van der Waals surface area contributed by atoms with Crippen molar-refractivity contribution >= 4 is 29.0 Å². The van der Waals surface area contributed by atoms with Gasteiger partial charge in [-0.15, -0.1) is 0 Å². The molecule has 0 aliphatic heterocycles. The monoisotopic (exact) mass is 370 g/mol. The van der Waals surface area contributed by atoms with Gasteiger partial charge in [0.1, 0.15) is 0 Å². The standard InChI is InChI=1S/C18H19ClN6O/c19-14-9-11(1-4-13(14)18(26)24-12-2-3-12)15-10-23-17-16(21-6-5-20)22-7-8-25(15)17/h1,4,7-10,12H,2-3,5-6,20H2,(H,21,22)(H,24,26). The highest BCUT2D eigenvalue weighted by molar-refractivity contribution is 6.34. The first-order valence-electron chi connectivity index (χ1n) is 8.54. The van der Waals surface area contributed by atoms with Crippen LogP contribution in [0.1, 0.15) is 23.2 Å². The van der Waals surface area contributed by atoms with E-state index in [9.17, 15) is 4.79 Å². The molecule has 1 aromatic carbocycles. The number of amides is 1. The number of fused-ring (bicyclic) bond motifs is 1. The number of carbonyl (C=O) groups is 1. The smallest absolute Gasteiger partial charge is 0.253 e. The lowest BCUT2D eigenvalue weighted by atomic mass is 10.1. The molecule has 1 amide bonds. The Labute approximate surface area is 155 Å². The predicted octanol–water partition coefficient (Wildman–Crippen LogP) is 2.31. The van der Waals surface area contributed by atoms with E-state index in [1.807, 2.05) is 16.7 Å². The molecule has 26 heavy (non-hydrogen) atoms. The van der Waals surface area contributed by atoms with E-state index in [2.05, 4.69) is 20.6 Å². The summed E-state index contributed by atoms with van der Waals surface area (Å²) in [7, 11) is 0. The molecule has 4 N–H and O–H groups in total. The van der Waals surface area contributed by atoms with Crippen LogP contribution in [0.4, 0.5) is 5.82 Å². The van der Waals surface area contributed by atoms with Gasteiger partial charge in [0.05, 0.1) is 22.5 Å². The van der Waals surface area contributed by atoms with Crippen LogP contribution in [0.3, 0.4) is 0 Å². The number of nitrogens with two attached hydrogens (primary N) is 1. The molecular weight excluding hydrogens is 352 g/mol. The normalized spacial score (nSPS) is 13.8. The first-order chi connectivity index (χ1) is 12.7. The number of rotatable bonds is 6. The molecule has 3 aromatic rings. The summed E-state index contributed by atoms with van der Waals surface area (Å²) in [6.45, 7) is 1.13. The summed E-state index contributed by atoms with van der Waals surface area (Å²) in [6, 6.07) is 5.72. The molecule has 0 saturated heterocycles. The summed E-state index contributed by atoms with van der Waals surface area (Å²) >= 11 is 6.37. The molecule has 0 bridgehead atoms. The first-order valence-corrected chi connectivity index (χ1v) is 8.92. The van der Waals surface area contributed by atoms with Crippen molar-refractivity contribution in [1.82, 2.24) is 19.7 Å². The van der Waals surface area contributed by atoms with E-state index in [4.69, 9.17) is 17.3 Å². The fraction of sp³-hybridized carbons (Fsp3) is 0.278. The highest BCUT2D eigenvalue weighted by atomic mass is 35.5. The summed E-state index contributed by atoms with van der Waals surface area (Å²) in [5.41, 5.74) is 8.49. The van der Waals surface area contributed by atoms with E-state index >= 15 is 0 Å². The summed E-state index contributed by atoms with van der Waals surface area (Å²) in [5, 5.41) is 6.54. The van der Waals surface area contributed by atoms with Crippen LogP contribution < -0.4 is 16.4 Å². The molecule has 1 saturated carbocycles. The Morgan fingerprint density at radius 1 is 1.35 bits per heavy atom. The number of halogens is 1. The average Bonchev–Trinajstić information content (AvgIpc) is 3.34. The van der Waals surface area contributed by atoms with Gasteiger partial charge in [0.2, 0.25) is 0 Å². The van der Waals surface area contributed by atoms with Crippen LogP contribution in [0.5, 0.6) is 0 Å². The number of nitrogens with one attached hydrogen (secondary N) is 2. The highest BCUT2D eigenvalue weighted by Crippen LogP contribution is 2.28. The minimum Gasteiger partial charge on any atom is -0.366 e. The molecular formula is C18H19ClN6O. The first kappa shape index (κ1) is 16.8.